The van der Waals surface area contributed by atoms with Gasteiger partial charge in [0.2, 0.25) is 0 Å². The number of hydrogen-bond donors (Lipinski definition) is 1. The molecule has 16 heavy (non-hydrogen) atoms. The molecule has 1 saturated heterocycles. The number of anilines is 1. The standard InChI is InChI=1S/C14H19NO/c16-11-14(7-8-14)12-3-5-13(6-4-12)15-9-1-2-10-15/h3-6,16H,1-2,7-11H2. The molecule has 1 N–H and O–H groups in total. The lowest BCUT2D eigenvalue weighted by Crippen LogP contribution is -2.18. The largest absolute Gasteiger partial charge is 0.395 e. The summed E-state index contributed by atoms with van der Waals surface area (Å²) in [6, 6.07) is 8.85. The maximum absolute atomic E-state index is 9.38. The number of nitrogens with zero attached hydrogens (tertiary/aromatic N) is 1. The van der Waals surface area contributed by atoms with Crippen molar-refractivity contribution in [2.45, 2.75) is 31.1 Å². The molecule has 1 aliphatic heterocycles. The maximum Gasteiger partial charge on any atom is 0.0527 e. The first kappa shape index (κ1) is 10.2. The fourth-order valence-corrected chi connectivity index (χ4v) is 2.69. The molecule has 1 aliphatic carbocycles. The van der Waals surface area contributed by atoms with Crippen molar-refractivity contribution in [2.75, 3.05) is 24.6 Å². The van der Waals surface area contributed by atoms with Gasteiger partial charge in [-0.05, 0) is 43.4 Å². The van der Waals surface area contributed by atoms with Crippen molar-refractivity contribution < 1.29 is 5.11 Å². The molecule has 0 atom stereocenters. The van der Waals surface area contributed by atoms with E-state index in [0.29, 0.717) is 6.61 Å². The molecule has 2 nitrogen and oxygen atoms in total. The minimum absolute atomic E-state index is 0.115. The first-order chi connectivity index (χ1) is 7.84. The second kappa shape index (κ2) is 3.77. The van der Waals surface area contributed by atoms with E-state index in [1.54, 1.807) is 0 Å². The molecule has 0 spiro atoms. The van der Waals surface area contributed by atoms with Gasteiger partial charge < -0.3 is 10.0 Å². The molecule has 0 bridgehead atoms. The van der Waals surface area contributed by atoms with E-state index in [-0.39, 0.29) is 5.41 Å². The first-order valence-electron chi connectivity index (χ1n) is 6.30. The second-order valence-corrected chi connectivity index (χ2v) is 5.18. The van der Waals surface area contributed by atoms with E-state index in [0.717, 1.165) is 12.8 Å². The van der Waals surface area contributed by atoms with Gasteiger partial charge in [-0.25, -0.2) is 0 Å². The van der Waals surface area contributed by atoms with Gasteiger partial charge >= 0.3 is 0 Å². The van der Waals surface area contributed by atoms with Gasteiger partial charge in [-0.1, -0.05) is 12.1 Å². The van der Waals surface area contributed by atoms with Crippen LogP contribution in [0, 0.1) is 0 Å². The highest BCUT2D eigenvalue weighted by atomic mass is 16.3. The summed E-state index contributed by atoms with van der Waals surface area (Å²) in [4.78, 5) is 2.45. The third-order valence-corrected chi connectivity index (χ3v) is 4.11. The molecular formula is C14H19NO. The van der Waals surface area contributed by atoms with E-state index in [9.17, 15) is 5.11 Å². The molecule has 2 aliphatic rings. The number of aliphatic hydroxyl groups is 1. The zero-order chi connectivity index (χ0) is 11.0. The lowest BCUT2D eigenvalue weighted by Gasteiger charge is -2.19. The van der Waals surface area contributed by atoms with Gasteiger partial charge in [0.05, 0.1) is 6.61 Å². The third kappa shape index (κ3) is 1.61. The second-order valence-electron chi connectivity index (χ2n) is 5.18. The zero-order valence-electron chi connectivity index (χ0n) is 9.65. The highest BCUT2D eigenvalue weighted by Crippen LogP contribution is 2.47. The molecule has 86 valence electrons. The van der Waals surface area contributed by atoms with Crippen LogP contribution in [-0.4, -0.2) is 24.8 Å². The average Bonchev–Trinajstić information content (AvgIpc) is 2.96. The number of rotatable bonds is 3. The van der Waals surface area contributed by atoms with E-state index >= 15 is 0 Å². The van der Waals surface area contributed by atoms with Gasteiger partial charge in [-0.15, -0.1) is 0 Å². The van der Waals surface area contributed by atoms with Crippen LogP contribution in [0.15, 0.2) is 24.3 Å². The van der Waals surface area contributed by atoms with Crippen LogP contribution in [-0.2, 0) is 5.41 Å². The van der Waals surface area contributed by atoms with Gasteiger partial charge in [0, 0.05) is 24.2 Å². The van der Waals surface area contributed by atoms with Crippen LogP contribution in [0.1, 0.15) is 31.2 Å². The highest BCUT2D eigenvalue weighted by molar-refractivity contribution is 5.50. The van der Waals surface area contributed by atoms with Crippen molar-refractivity contribution in [1.82, 2.24) is 0 Å². The van der Waals surface area contributed by atoms with Crippen LogP contribution < -0.4 is 4.90 Å². The quantitative estimate of drug-likeness (QED) is 0.840. The molecule has 0 amide bonds. The minimum Gasteiger partial charge on any atom is -0.395 e. The normalized spacial score (nSPS) is 22.4. The van der Waals surface area contributed by atoms with Gasteiger partial charge in [-0.3, -0.25) is 0 Å². The van der Waals surface area contributed by atoms with Crippen LogP contribution in [0.3, 0.4) is 0 Å². The summed E-state index contributed by atoms with van der Waals surface area (Å²) < 4.78 is 0. The molecule has 0 radical (unpaired) electrons. The van der Waals surface area contributed by atoms with Crippen molar-refractivity contribution >= 4 is 5.69 Å². The molecule has 1 saturated carbocycles. The summed E-state index contributed by atoms with van der Waals surface area (Å²) in [5.41, 5.74) is 2.77. The van der Waals surface area contributed by atoms with E-state index in [1.807, 2.05) is 0 Å². The molecule has 0 aromatic heterocycles. The Morgan fingerprint density at radius 3 is 2.19 bits per heavy atom. The van der Waals surface area contributed by atoms with E-state index in [1.165, 1.54) is 37.2 Å². The fraction of sp³-hybridized carbons (Fsp3) is 0.571. The number of benzene rings is 1. The smallest absolute Gasteiger partial charge is 0.0527 e. The van der Waals surface area contributed by atoms with E-state index < -0.39 is 0 Å². The van der Waals surface area contributed by atoms with Crippen molar-refractivity contribution in [2.24, 2.45) is 0 Å². The van der Waals surface area contributed by atoms with Crippen LogP contribution >= 0.6 is 0 Å². The molecular weight excluding hydrogens is 198 g/mol. The Balaban J connectivity index is 1.79. The average molecular weight is 217 g/mol. The summed E-state index contributed by atoms with van der Waals surface area (Å²) >= 11 is 0. The van der Waals surface area contributed by atoms with E-state index in [4.69, 9.17) is 0 Å². The number of aliphatic hydroxyl groups excluding tert-OH is 1. The summed E-state index contributed by atoms with van der Waals surface area (Å²) in [5, 5.41) is 9.38. The Labute approximate surface area is 96.9 Å². The predicted octanol–water partition coefficient (Wildman–Crippen LogP) is 2.31. The maximum atomic E-state index is 9.38. The van der Waals surface area contributed by atoms with Crippen molar-refractivity contribution in [3.63, 3.8) is 0 Å². The Morgan fingerprint density at radius 1 is 1.06 bits per heavy atom. The minimum atomic E-state index is 0.115. The van der Waals surface area contributed by atoms with E-state index in [2.05, 4.69) is 29.2 Å². The molecule has 1 aromatic rings. The molecule has 1 aromatic carbocycles. The molecule has 1 heterocycles. The summed E-state index contributed by atoms with van der Waals surface area (Å²) in [5.74, 6) is 0. The third-order valence-electron chi connectivity index (χ3n) is 4.11. The van der Waals surface area contributed by atoms with Gasteiger partial charge in [0.1, 0.15) is 0 Å². The van der Waals surface area contributed by atoms with Crippen molar-refractivity contribution in [1.29, 1.82) is 0 Å². The molecule has 3 rings (SSSR count). The zero-order valence-corrected chi connectivity index (χ0v) is 9.65. The predicted molar refractivity (Wildman–Crippen MR) is 65.9 cm³/mol. The monoisotopic (exact) mass is 217 g/mol. The summed E-state index contributed by atoms with van der Waals surface area (Å²) in [6.45, 7) is 2.70. The molecule has 2 fully saturated rings. The van der Waals surface area contributed by atoms with Gasteiger partial charge in [0.15, 0.2) is 0 Å². The van der Waals surface area contributed by atoms with Crippen molar-refractivity contribution in [3.05, 3.63) is 29.8 Å². The molecule has 2 heteroatoms. The van der Waals surface area contributed by atoms with Crippen LogP contribution in [0.25, 0.3) is 0 Å². The van der Waals surface area contributed by atoms with Crippen LogP contribution in [0.2, 0.25) is 0 Å². The Hall–Kier alpha value is -1.02. The SMILES string of the molecule is OCC1(c2ccc(N3CCCC3)cc2)CC1. The van der Waals surface area contributed by atoms with Crippen LogP contribution in [0.5, 0.6) is 0 Å². The number of hydrogen-bond acceptors (Lipinski definition) is 2. The first-order valence-corrected chi connectivity index (χ1v) is 6.30. The van der Waals surface area contributed by atoms with Crippen molar-refractivity contribution in [3.8, 4) is 0 Å². The summed E-state index contributed by atoms with van der Waals surface area (Å²) in [6.07, 6.45) is 4.93. The lowest BCUT2D eigenvalue weighted by molar-refractivity contribution is 0.255. The van der Waals surface area contributed by atoms with Gasteiger partial charge in [-0.2, -0.15) is 0 Å². The highest BCUT2D eigenvalue weighted by Gasteiger charge is 2.43. The Bertz CT molecular complexity index is 361. The molecule has 0 unspecified atom stereocenters. The summed E-state index contributed by atoms with van der Waals surface area (Å²) in [7, 11) is 0. The van der Waals surface area contributed by atoms with Gasteiger partial charge in [0.25, 0.3) is 0 Å². The lowest BCUT2D eigenvalue weighted by atomic mass is 9.97. The topological polar surface area (TPSA) is 23.5 Å². The Kier molecular flexibility index (Phi) is 2.40. The fourth-order valence-electron chi connectivity index (χ4n) is 2.69. The van der Waals surface area contributed by atoms with Crippen LogP contribution in [0.4, 0.5) is 5.69 Å². The Morgan fingerprint density at radius 2 is 1.69 bits per heavy atom.